The third-order valence-corrected chi connectivity index (χ3v) is 8.37. The molecule has 1 fully saturated rings. The number of amides is 1. The summed E-state index contributed by atoms with van der Waals surface area (Å²) in [4.78, 5) is 18.1. The normalized spacial score (nSPS) is 19.2. The minimum atomic E-state index is -4.52. The van der Waals surface area contributed by atoms with Gasteiger partial charge in [0, 0.05) is 22.6 Å². The van der Waals surface area contributed by atoms with Crippen molar-refractivity contribution in [3.05, 3.63) is 107 Å². The molecule has 3 aromatic rings. The van der Waals surface area contributed by atoms with Gasteiger partial charge in [-0.3, -0.25) is 9.78 Å². The van der Waals surface area contributed by atoms with Gasteiger partial charge in [-0.2, -0.15) is 13.2 Å². The third kappa shape index (κ3) is 5.54. The number of nitrogens with zero attached hydrogens (tertiary/aromatic N) is 1. The van der Waals surface area contributed by atoms with Crippen LogP contribution in [0.15, 0.2) is 95.1 Å². The van der Waals surface area contributed by atoms with Crippen LogP contribution in [-0.4, -0.2) is 26.4 Å². The van der Waals surface area contributed by atoms with Gasteiger partial charge >= 0.3 is 6.18 Å². The molecule has 0 spiro atoms. The standard InChI is InChI=1S/C30H29F3N2O4S/c1-18(2)9-16-26(39-5)20(4)29(17-24(29)21-11-13-22(14-12-21)30(31,32)33)28(36)35-40(37,38)27-8-6-7-25-23(27)15-10-19(3)34-25/h6-16,24H,4,17H2,1-3,5H3,(H,35,36)/b26-16+/t24-,29-/m1/s1. The maximum absolute atomic E-state index is 13.9. The monoisotopic (exact) mass is 570 g/mol. The average molecular weight is 571 g/mol. The molecule has 1 amide bonds. The first-order valence-electron chi connectivity index (χ1n) is 12.4. The highest BCUT2D eigenvalue weighted by atomic mass is 32.2. The van der Waals surface area contributed by atoms with Crippen LogP contribution in [-0.2, 0) is 25.7 Å². The molecule has 0 unspecified atom stereocenters. The SMILES string of the molecule is C=C(/C(=C\C=C(C)C)OC)[C@]1(C(=O)NS(=O)(=O)c2cccc3nc(C)ccc23)C[C@@H]1c1ccc(C(F)(F)F)cc1. The van der Waals surface area contributed by atoms with Crippen molar-refractivity contribution in [2.45, 2.75) is 44.2 Å². The molecule has 40 heavy (non-hydrogen) atoms. The lowest BCUT2D eigenvalue weighted by Crippen LogP contribution is -2.39. The number of ether oxygens (including phenoxy) is 1. The predicted octanol–water partition coefficient (Wildman–Crippen LogP) is 6.59. The van der Waals surface area contributed by atoms with Gasteiger partial charge in [0.25, 0.3) is 10.0 Å². The van der Waals surface area contributed by atoms with Crippen LogP contribution in [0.2, 0.25) is 0 Å². The molecule has 0 bridgehead atoms. The average Bonchev–Trinajstić information content (AvgIpc) is 3.65. The number of carbonyl (C=O) groups excluding carboxylic acids is 1. The van der Waals surface area contributed by atoms with Crippen LogP contribution in [0, 0.1) is 12.3 Å². The summed E-state index contributed by atoms with van der Waals surface area (Å²) in [5.41, 5.74) is 0.476. The van der Waals surface area contributed by atoms with E-state index in [1.54, 1.807) is 37.3 Å². The summed E-state index contributed by atoms with van der Waals surface area (Å²) in [7, 11) is -2.97. The van der Waals surface area contributed by atoms with Crippen LogP contribution < -0.4 is 4.72 Å². The van der Waals surface area contributed by atoms with Gasteiger partial charge < -0.3 is 4.74 Å². The fraction of sp³-hybridized carbons (Fsp3) is 0.267. The zero-order valence-corrected chi connectivity index (χ0v) is 23.3. The minimum absolute atomic E-state index is 0.120. The third-order valence-electron chi connectivity index (χ3n) is 6.98. The number of allylic oxidation sites excluding steroid dienone is 4. The van der Waals surface area contributed by atoms with Crippen molar-refractivity contribution >= 4 is 26.8 Å². The van der Waals surface area contributed by atoms with Crippen molar-refractivity contribution in [1.29, 1.82) is 0 Å². The highest BCUT2D eigenvalue weighted by Gasteiger charge is 2.64. The summed E-state index contributed by atoms with van der Waals surface area (Å²) in [6, 6.07) is 12.4. The second-order valence-corrected chi connectivity index (χ2v) is 11.7. The van der Waals surface area contributed by atoms with Gasteiger partial charge in [0.05, 0.1) is 28.5 Å². The van der Waals surface area contributed by atoms with Crippen LogP contribution in [0.1, 0.15) is 43.0 Å². The van der Waals surface area contributed by atoms with E-state index in [1.807, 2.05) is 13.8 Å². The number of hydrogen-bond acceptors (Lipinski definition) is 5. The molecule has 1 aliphatic carbocycles. The number of carbonyl (C=O) groups is 1. The van der Waals surface area contributed by atoms with Gasteiger partial charge in [0.2, 0.25) is 5.91 Å². The molecular weight excluding hydrogens is 541 g/mol. The van der Waals surface area contributed by atoms with Crippen molar-refractivity contribution < 1.29 is 31.1 Å². The summed E-state index contributed by atoms with van der Waals surface area (Å²) >= 11 is 0. The van der Waals surface area contributed by atoms with Crippen LogP contribution in [0.4, 0.5) is 13.2 Å². The van der Waals surface area contributed by atoms with Crippen LogP contribution in [0.3, 0.4) is 0 Å². The van der Waals surface area contributed by atoms with E-state index < -0.39 is 39.0 Å². The number of nitrogens with one attached hydrogen (secondary N) is 1. The summed E-state index contributed by atoms with van der Waals surface area (Å²) in [6.45, 7) is 9.60. The Morgan fingerprint density at radius 2 is 1.77 bits per heavy atom. The Hall–Kier alpha value is -3.92. The Balaban J connectivity index is 1.75. The van der Waals surface area contributed by atoms with Crippen LogP contribution >= 0.6 is 0 Å². The first-order chi connectivity index (χ1) is 18.7. The lowest BCUT2D eigenvalue weighted by molar-refractivity contribution is -0.137. The van der Waals surface area contributed by atoms with Gasteiger partial charge in [-0.15, -0.1) is 0 Å². The number of alkyl halides is 3. The van der Waals surface area contributed by atoms with Gasteiger partial charge in [-0.1, -0.05) is 36.4 Å². The van der Waals surface area contributed by atoms with Crippen molar-refractivity contribution in [2.24, 2.45) is 5.41 Å². The van der Waals surface area contributed by atoms with Gasteiger partial charge in [0.1, 0.15) is 5.76 Å². The molecular formula is C30H29F3N2O4S. The molecule has 0 saturated heterocycles. The molecule has 1 heterocycles. The summed E-state index contributed by atoms with van der Waals surface area (Å²) < 4.78 is 74.2. The first-order valence-corrected chi connectivity index (χ1v) is 13.9. The predicted molar refractivity (Wildman–Crippen MR) is 147 cm³/mol. The molecule has 6 nitrogen and oxygen atoms in total. The van der Waals surface area contributed by atoms with E-state index in [2.05, 4.69) is 16.3 Å². The molecule has 1 aliphatic rings. The molecule has 0 radical (unpaired) electrons. The number of pyridine rings is 1. The quantitative estimate of drug-likeness (QED) is 0.244. The Kier molecular flexibility index (Phi) is 7.68. The largest absolute Gasteiger partial charge is 0.496 e. The van der Waals surface area contributed by atoms with E-state index >= 15 is 0 Å². The number of hydrogen-bond donors (Lipinski definition) is 1. The Labute approximate surface area is 231 Å². The van der Waals surface area contributed by atoms with Crippen molar-refractivity contribution in [3.8, 4) is 0 Å². The minimum Gasteiger partial charge on any atom is -0.496 e. The molecule has 1 saturated carbocycles. The maximum atomic E-state index is 13.9. The van der Waals surface area contributed by atoms with Crippen molar-refractivity contribution in [3.63, 3.8) is 0 Å². The summed E-state index contributed by atoms with van der Waals surface area (Å²) in [5.74, 6) is -1.22. The molecule has 1 aromatic heterocycles. The van der Waals surface area contributed by atoms with E-state index in [0.717, 1.165) is 17.7 Å². The number of aryl methyl sites for hydroxylation is 1. The Bertz CT molecular complexity index is 1650. The number of fused-ring (bicyclic) bond motifs is 1. The Morgan fingerprint density at radius 1 is 1.10 bits per heavy atom. The van der Waals surface area contributed by atoms with Gasteiger partial charge in [-0.05, 0) is 75.2 Å². The highest BCUT2D eigenvalue weighted by molar-refractivity contribution is 7.90. The number of sulfonamides is 1. The summed E-state index contributed by atoms with van der Waals surface area (Å²) in [5, 5.41) is 0.345. The first kappa shape index (κ1) is 29.1. The number of rotatable bonds is 8. The maximum Gasteiger partial charge on any atom is 0.416 e. The molecule has 210 valence electrons. The van der Waals surface area contributed by atoms with Crippen molar-refractivity contribution in [1.82, 2.24) is 9.71 Å². The fourth-order valence-electron chi connectivity index (χ4n) is 4.78. The smallest absolute Gasteiger partial charge is 0.416 e. The highest BCUT2D eigenvalue weighted by Crippen LogP contribution is 2.65. The van der Waals surface area contributed by atoms with Crippen molar-refractivity contribution in [2.75, 3.05) is 7.11 Å². The van der Waals surface area contributed by atoms with Crippen LogP contribution in [0.25, 0.3) is 10.9 Å². The lowest BCUT2D eigenvalue weighted by atomic mass is 9.89. The number of aromatic nitrogens is 1. The Morgan fingerprint density at radius 3 is 2.38 bits per heavy atom. The number of methoxy groups -OCH3 is 1. The molecule has 1 N–H and O–H groups in total. The van der Waals surface area contributed by atoms with E-state index in [9.17, 15) is 26.4 Å². The fourth-order valence-corrected chi connectivity index (χ4v) is 6.03. The molecule has 2 atom stereocenters. The van der Waals surface area contributed by atoms with Gasteiger partial charge in [-0.25, -0.2) is 13.1 Å². The number of benzene rings is 2. The van der Waals surface area contributed by atoms with Gasteiger partial charge in [0.15, 0.2) is 0 Å². The lowest BCUT2D eigenvalue weighted by Gasteiger charge is -2.22. The molecule has 4 rings (SSSR count). The van der Waals surface area contributed by atoms with E-state index in [4.69, 9.17) is 4.74 Å². The zero-order chi connectivity index (χ0) is 29.5. The molecule has 0 aliphatic heterocycles. The summed E-state index contributed by atoms with van der Waals surface area (Å²) in [6.07, 6.45) is -1.00. The topological polar surface area (TPSA) is 85.4 Å². The van der Waals surface area contributed by atoms with E-state index in [-0.39, 0.29) is 22.6 Å². The second kappa shape index (κ2) is 10.6. The zero-order valence-electron chi connectivity index (χ0n) is 22.5. The molecule has 10 heteroatoms. The number of halogens is 3. The van der Waals surface area contributed by atoms with Crippen LogP contribution in [0.5, 0.6) is 0 Å². The molecule has 2 aromatic carbocycles. The second-order valence-electron chi connectivity index (χ2n) is 10.0. The van der Waals surface area contributed by atoms with E-state index in [0.29, 0.717) is 22.2 Å². The van der Waals surface area contributed by atoms with E-state index in [1.165, 1.54) is 31.4 Å².